The zero-order chi connectivity index (χ0) is 15.2. The molecule has 0 aliphatic heterocycles. The van der Waals surface area contributed by atoms with Crippen LogP contribution in [0.2, 0.25) is 0 Å². The second-order valence-corrected chi connectivity index (χ2v) is 7.74. The first-order valence-corrected chi connectivity index (χ1v) is 9.06. The Hall–Kier alpha value is -2.64. The largest absolute Gasteiger partial charge is 0.188 e. The predicted molar refractivity (Wildman–Crippen MR) is 103 cm³/mol. The summed E-state index contributed by atoms with van der Waals surface area (Å²) in [5.41, 5.74) is 0. The highest BCUT2D eigenvalue weighted by Gasteiger charge is 2.24. The lowest BCUT2D eigenvalue weighted by atomic mass is 10.0. The SMILES string of the molecule is c1ccc(-[s+]2c3ccccc3c3c4ccccc4ccc32)cc1. The summed E-state index contributed by atoms with van der Waals surface area (Å²) in [5.74, 6) is 0. The highest BCUT2D eigenvalue weighted by atomic mass is 32.2. The quantitative estimate of drug-likeness (QED) is 0.296. The van der Waals surface area contributed by atoms with Gasteiger partial charge >= 0.3 is 0 Å². The smallest absolute Gasteiger partial charge is 0.0619 e. The van der Waals surface area contributed by atoms with Crippen LogP contribution >= 0.6 is 10.5 Å². The third-order valence-corrected chi connectivity index (χ3v) is 6.79. The van der Waals surface area contributed by atoms with Gasteiger partial charge in [0.2, 0.25) is 0 Å². The minimum atomic E-state index is 0.00342. The van der Waals surface area contributed by atoms with Gasteiger partial charge in [0.1, 0.15) is 0 Å². The summed E-state index contributed by atoms with van der Waals surface area (Å²) in [6.45, 7) is 0. The van der Waals surface area contributed by atoms with Gasteiger partial charge in [-0.05, 0) is 47.2 Å². The Labute approximate surface area is 137 Å². The third-order valence-electron chi connectivity index (χ3n) is 4.47. The van der Waals surface area contributed by atoms with Crippen molar-refractivity contribution < 1.29 is 0 Å². The van der Waals surface area contributed by atoms with Crippen LogP contribution in [0, 0.1) is 0 Å². The van der Waals surface area contributed by atoms with Crippen LogP contribution in [-0.2, 0) is 0 Å². The molecule has 1 atom stereocenters. The van der Waals surface area contributed by atoms with Crippen LogP contribution in [0.25, 0.3) is 35.8 Å². The van der Waals surface area contributed by atoms with Gasteiger partial charge in [-0.1, -0.05) is 54.6 Å². The molecular weight excluding hydrogens is 296 g/mol. The van der Waals surface area contributed by atoms with Crippen molar-refractivity contribution in [3.8, 4) is 4.90 Å². The number of benzene rings is 4. The number of fused-ring (bicyclic) bond motifs is 5. The number of thiophene rings is 1. The topological polar surface area (TPSA) is 0 Å². The van der Waals surface area contributed by atoms with Gasteiger partial charge in [0.05, 0.1) is 5.39 Å². The van der Waals surface area contributed by atoms with Crippen LogP contribution in [0.1, 0.15) is 0 Å². The highest BCUT2D eigenvalue weighted by Crippen LogP contribution is 2.49. The lowest BCUT2D eigenvalue weighted by Gasteiger charge is -1.97. The molecule has 0 aliphatic carbocycles. The minimum absolute atomic E-state index is 0.00342. The monoisotopic (exact) mass is 311 g/mol. The van der Waals surface area contributed by atoms with Crippen LogP contribution in [0.3, 0.4) is 0 Å². The normalized spacial score (nSPS) is 12.3. The fourth-order valence-corrected chi connectivity index (χ4v) is 5.89. The molecule has 4 aromatic carbocycles. The van der Waals surface area contributed by atoms with E-state index in [2.05, 4.69) is 91.0 Å². The van der Waals surface area contributed by atoms with Gasteiger partial charge < -0.3 is 0 Å². The van der Waals surface area contributed by atoms with Gasteiger partial charge in [-0.2, -0.15) is 0 Å². The summed E-state index contributed by atoms with van der Waals surface area (Å²) in [6.07, 6.45) is 0. The van der Waals surface area contributed by atoms with Crippen LogP contribution in [0.15, 0.2) is 91.0 Å². The standard InChI is InChI=1S/C22H15S/c1-2-9-17(10-3-1)23-20-13-7-6-12-19(20)22-18-11-5-4-8-16(18)14-15-21(22)23/h1-15H/q+1. The zero-order valence-electron chi connectivity index (χ0n) is 12.6. The molecular formula is C22H15S+. The van der Waals surface area contributed by atoms with E-state index in [-0.39, 0.29) is 10.5 Å². The fourth-order valence-electron chi connectivity index (χ4n) is 3.48. The Morgan fingerprint density at radius 2 is 1.17 bits per heavy atom. The average molecular weight is 311 g/mol. The molecule has 1 unspecified atom stereocenters. The predicted octanol–water partition coefficient (Wildman–Crippen LogP) is 6.88. The molecule has 0 bridgehead atoms. The maximum absolute atomic E-state index is 2.33. The van der Waals surface area contributed by atoms with Crippen LogP contribution in [0.5, 0.6) is 0 Å². The van der Waals surface area contributed by atoms with E-state index in [0.29, 0.717) is 0 Å². The molecule has 0 nitrogen and oxygen atoms in total. The van der Waals surface area contributed by atoms with E-state index in [0.717, 1.165) is 0 Å². The molecule has 1 heteroatoms. The summed E-state index contributed by atoms with van der Waals surface area (Å²) in [4.78, 5) is 1.40. The van der Waals surface area contributed by atoms with E-state index in [1.165, 1.54) is 35.8 Å². The van der Waals surface area contributed by atoms with E-state index in [9.17, 15) is 0 Å². The van der Waals surface area contributed by atoms with Crippen molar-refractivity contribution in [3.05, 3.63) is 91.0 Å². The molecule has 1 heterocycles. The summed E-state index contributed by atoms with van der Waals surface area (Å²) in [6, 6.07) is 33.1. The van der Waals surface area contributed by atoms with E-state index in [1.807, 2.05) is 0 Å². The Morgan fingerprint density at radius 3 is 2.04 bits per heavy atom. The molecule has 0 N–H and O–H groups in total. The maximum atomic E-state index is 2.33. The Morgan fingerprint density at radius 1 is 0.478 bits per heavy atom. The molecule has 0 amide bonds. The lowest BCUT2D eigenvalue weighted by Crippen LogP contribution is -1.73. The van der Waals surface area contributed by atoms with Crippen molar-refractivity contribution >= 4 is 41.4 Å². The molecule has 108 valence electrons. The van der Waals surface area contributed by atoms with Crippen molar-refractivity contribution in [1.29, 1.82) is 0 Å². The first-order valence-electron chi connectivity index (χ1n) is 7.84. The Balaban J connectivity index is 2.07. The van der Waals surface area contributed by atoms with Gasteiger partial charge in [-0.3, -0.25) is 0 Å². The summed E-state index contributed by atoms with van der Waals surface area (Å²) in [7, 11) is 0.00342. The Kier molecular flexibility index (Phi) is 2.76. The molecule has 0 aliphatic rings. The third kappa shape index (κ3) is 1.84. The molecule has 0 saturated heterocycles. The number of rotatable bonds is 1. The van der Waals surface area contributed by atoms with Crippen molar-refractivity contribution in [2.24, 2.45) is 0 Å². The molecule has 1 aromatic heterocycles. The van der Waals surface area contributed by atoms with E-state index < -0.39 is 0 Å². The van der Waals surface area contributed by atoms with Crippen LogP contribution in [-0.4, -0.2) is 0 Å². The Bertz CT molecular complexity index is 1150. The van der Waals surface area contributed by atoms with Gasteiger partial charge in [0.25, 0.3) is 0 Å². The van der Waals surface area contributed by atoms with E-state index in [1.54, 1.807) is 0 Å². The zero-order valence-corrected chi connectivity index (χ0v) is 13.4. The van der Waals surface area contributed by atoms with Crippen LogP contribution in [0.4, 0.5) is 0 Å². The van der Waals surface area contributed by atoms with Crippen LogP contribution < -0.4 is 0 Å². The average Bonchev–Trinajstić information content (AvgIpc) is 2.97. The van der Waals surface area contributed by atoms with Crippen molar-refractivity contribution in [2.45, 2.75) is 0 Å². The summed E-state index contributed by atoms with van der Waals surface area (Å²) >= 11 is 0. The van der Waals surface area contributed by atoms with E-state index >= 15 is 0 Å². The molecule has 0 radical (unpaired) electrons. The second-order valence-electron chi connectivity index (χ2n) is 5.78. The summed E-state index contributed by atoms with van der Waals surface area (Å²) < 4.78 is 2.90. The fraction of sp³-hybridized carbons (Fsp3) is 0. The number of hydrogen-bond acceptors (Lipinski definition) is 0. The van der Waals surface area contributed by atoms with Crippen molar-refractivity contribution in [2.75, 3.05) is 0 Å². The lowest BCUT2D eigenvalue weighted by molar-refractivity contribution is 1.76. The highest BCUT2D eigenvalue weighted by molar-refractivity contribution is 7.50. The molecule has 5 rings (SSSR count). The molecule has 0 spiro atoms. The first kappa shape index (κ1) is 12.9. The molecule has 0 saturated carbocycles. The summed E-state index contributed by atoms with van der Waals surface area (Å²) in [5, 5.41) is 5.50. The molecule has 23 heavy (non-hydrogen) atoms. The number of hydrogen-bond donors (Lipinski definition) is 0. The van der Waals surface area contributed by atoms with Gasteiger partial charge in [0.15, 0.2) is 14.3 Å². The molecule has 0 fully saturated rings. The van der Waals surface area contributed by atoms with Crippen molar-refractivity contribution in [1.82, 2.24) is 0 Å². The van der Waals surface area contributed by atoms with Gasteiger partial charge in [-0.15, -0.1) is 0 Å². The van der Waals surface area contributed by atoms with Crippen molar-refractivity contribution in [3.63, 3.8) is 0 Å². The second kappa shape index (κ2) is 4.94. The minimum Gasteiger partial charge on any atom is -0.0619 e. The molecule has 5 aromatic rings. The first-order chi connectivity index (χ1) is 11.4. The maximum Gasteiger partial charge on any atom is 0.188 e. The van der Waals surface area contributed by atoms with Gasteiger partial charge in [-0.25, -0.2) is 0 Å². The van der Waals surface area contributed by atoms with Gasteiger partial charge in [0, 0.05) is 15.9 Å². The van der Waals surface area contributed by atoms with E-state index in [4.69, 9.17) is 0 Å².